The summed E-state index contributed by atoms with van der Waals surface area (Å²) in [5, 5.41) is 15.7. The van der Waals surface area contributed by atoms with Gasteiger partial charge in [0.05, 0.1) is 0 Å². The Kier molecular flexibility index (Phi) is 3.63. The number of aliphatic carboxylic acids is 1. The van der Waals surface area contributed by atoms with Gasteiger partial charge in [0.25, 0.3) is 11.7 Å². The number of rotatable bonds is 3. The lowest BCUT2D eigenvalue weighted by molar-refractivity contribution is -0.142. The van der Waals surface area contributed by atoms with Gasteiger partial charge < -0.3 is 10.4 Å². The molecule has 2 N–H and O–H groups in total. The largest absolute Gasteiger partial charge is 0.480 e. The smallest absolute Gasteiger partial charge is 0.326 e. The zero-order valence-electron chi connectivity index (χ0n) is 12.3. The predicted molar refractivity (Wildman–Crippen MR) is 73.9 cm³/mol. The average molecular weight is 291 g/mol. The van der Waals surface area contributed by atoms with Crippen LogP contribution in [0.1, 0.15) is 37.1 Å². The Bertz CT molecular complexity index is 701. The fraction of sp³-hybridized carbons (Fsp3) is 0.462. The number of amides is 1. The van der Waals surface area contributed by atoms with Gasteiger partial charge in [0, 0.05) is 11.9 Å². The predicted octanol–water partition coefficient (Wildman–Crippen LogP) is 0.662. The molecular weight excluding hydrogens is 274 g/mol. The molecule has 21 heavy (non-hydrogen) atoms. The van der Waals surface area contributed by atoms with Crippen LogP contribution >= 0.6 is 0 Å². The molecule has 0 fully saturated rings. The summed E-state index contributed by atoms with van der Waals surface area (Å²) in [7, 11) is 0. The molecule has 0 saturated carbocycles. The van der Waals surface area contributed by atoms with Crippen LogP contribution in [0.4, 0.5) is 0 Å². The van der Waals surface area contributed by atoms with Gasteiger partial charge in [0.15, 0.2) is 0 Å². The van der Waals surface area contributed by atoms with E-state index in [2.05, 4.69) is 20.4 Å². The van der Waals surface area contributed by atoms with Crippen molar-refractivity contribution in [2.24, 2.45) is 5.41 Å². The molecule has 0 bridgehead atoms. The van der Waals surface area contributed by atoms with E-state index in [-0.39, 0.29) is 5.82 Å². The van der Waals surface area contributed by atoms with Gasteiger partial charge in [-0.3, -0.25) is 4.79 Å². The molecule has 0 radical (unpaired) electrons. The first-order chi connectivity index (χ1) is 9.70. The number of carboxylic acids is 1. The lowest BCUT2D eigenvalue weighted by Crippen LogP contribution is -2.49. The molecule has 1 unspecified atom stereocenters. The van der Waals surface area contributed by atoms with Gasteiger partial charge in [-0.2, -0.15) is 4.98 Å². The molecule has 1 amide bonds. The average Bonchev–Trinajstić information content (AvgIpc) is 2.79. The standard InChI is InChI=1S/C13H17N5O3/c1-7-5-6-14-12-16-9(17-18(7)12)10(19)15-8(11(20)21)13(2,3)4/h5-6,8H,1-4H3,(H,15,19)(H,20,21). The Morgan fingerprint density at radius 2 is 2.05 bits per heavy atom. The van der Waals surface area contributed by atoms with Crippen molar-refractivity contribution in [2.45, 2.75) is 33.7 Å². The van der Waals surface area contributed by atoms with Crippen LogP contribution in [0.25, 0.3) is 5.78 Å². The Balaban J connectivity index is 2.30. The zero-order chi connectivity index (χ0) is 15.8. The molecule has 0 aliphatic heterocycles. The molecule has 2 heterocycles. The minimum absolute atomic E-state index is 0.104. The summed E-state index contributed by atoms with van der Waals surface area (Å²) >= 11 is 0. The third kappa shape index (κ3) is 2.99. The van der Waals surface area contributed by atoms with Crippen molar-refractivity contribution in [1.29, 1.82) is 0 Å². The summed E-state index contributed by atoms with van der Waals surface area (Å²) < 4.78 is 1.43. The van der Waals surface area contributed by atoms with E-state index in [4.69, 9.17) is 0 Å². The number of carbonyl (C=O) groups is 2. The summed E-state index contributed by atoms with van der Waals surface area (Å²) in [6.45, 7) is 7.00. The first-order valence-corrected chi connectivity index (χ1v) is 6.42. The lowest BCUT2D eigenvalue weighted by atomic mass is 9.87. The summed E-state index contributed by atoms with van der Waals surface area (Å²) in [6, 6.07) is 0.698. The van der Waals surface area contributed by atoms with Gasteiger partial charge >= 0.3 is 5.97 Å². The van der Waals surface area contributed by atoms with Crippen molar-refractivity contribution < 1.29 is 14.7 Å². The second kappa shape index (κ2) is 5.12. The van der Waals surface area contributed by atoms with E-state index in [1.807, 2.05) is 0 Å². The molecule has 8 heteroatoms. The molecule has 0 aromatic carbocycles. The third-order valence-corrected chi connectivity index (χ3v) is 3.02. The van der Waals surface area contributed by atoms with Gasteiger partial charge in [-0.25, -0.2) is 14.3 Å². The fourth-order valence-corrected chi connectivity index (χ4v) is 1.85. The quantitative estimate of drug-likeness (QED) is 0.859. The molecule has 2 aromatic rings. The van der Waals surface area contributed by atoms with Crippen molar-refractivity contribution in [3.05, 3.63) is 23.8 Å². The monoisotopic (exact) mass is 291 g/mol. The Morgan fingerprint density at radius 3 is 2.57 bits per heavy atom. The number of nitrogens with one attached hydrogen (secondary N) is 1. The maximum Gasteiger partial charge on any atom is 0.326 e. The van der Waals surface area contributed by atoms with Crippen LogP contribution in [0.15, 0.2) is 12.3 Å². The van der Waals surface area contributed by atoms with Crippen molar-refractivity contribution in [3.63, 3.8) is 0 Å². The van der Waals surface area contributed by atoms with Crippen molar-refractivity contribution in [1.82, 2.24) is 24.9 Å². The lowest BCUT2D eigenvalue weighted by Gasteiger charge is -2.27. The molecule has 2 rings (SSSR count). The van der Waals surface area contributed by atoms with Gasteiger partial charge in [-0.1, -0.05) is 20.8 Å². The molecule has 0 aliphatic carbocycles. The summed E-state index contributed by atoms with van der Waals surface area (Å²) in [4.78, 5) is 31.4. The van der Waals surface area contributed by atoms with Crippen LogP contribution in [0.2, 0.25) is 0 Å². The van der Waals surface area contributed by atoms with E-state index in [1.54, 1.807) is 40.0 Å². The van der Waals surface area contributed by atoms with Crippen LogP contribution in [0.5, 0.6) is 0 Å². The number of aryl methyl sites for hydroxylation is 1. The number of fused-ring (bicyclic) bond motifs is 1. The van der Waals surface area contributed by atoms with Crippen LogP contribution in [0, 0.1) is 12.3 Å². The Morgan fingerprint density at radius 1 is 1.38 bits per heavy atom. The van der Waals surface area contributed by atoms with E-state index in [1.165, 1.54) is 4.52 Å². The van der Waals surface area contributed by atoms with Crippen molar-refractivity contribution >= 4 is 17.7 Å². The number of carbonyl (C=O) groups excluding carboxylic acids is 1. The van der Waals surface area contributed by atoms with Gasteiger partial charge in [0.2, 0.25) is 5.82 Å². The van der Waals surface area contributed by atoms with Crippen molar-refractivity contribution in [2.75, 3.05) is 0 Å². The zero-order valence-corrected chi connectivity index (χ0v) is 12.3. The molecule has 0 saturated heterocycles. The highest BCUT2D eigenvalue weighted by atomic mass is 16.4. The summed E-state index contributed by atoms with van der Waals surface area (Å²) in [5.74, 6) is -1.55. The molecule has 2 aromatic heterocycles. The molecule has 1 atom stereocenters. The molecular formula is C13H17N5O3. The third-order valence-electron chi connectivity index (χ3n) is 3.02. The van der Waals surface area contributed by atoms with Gasteiger partial charge in [0.1, 0.15) is 6.04 Å². The second-order valence-electron chi connectivity index (χ2n) is 5.84. The highest BCUT2D eigenvalue weighted by molar-refractivity contribution is 5.94. The number of hydrogen-bond donors (Lipinski definition) is 2. The van der Waals surface area contributed by atoms with E-state index >= 15 is 0 Å². The molecule has 8 nitrogen and oxygen atoms in total. The minimum Gasteiger partial charge on any atom is -0.480 e. The minimum atomic E-state index is -1.10. The van der Waals surface area contributed by atoms with E-state index < -0.39 is 23.3 Å². The number of nitrogens with zero attached hydrogens (tertiary/aromatic N) is 4. The van der Waals surface area contributed by atoms with Crippen LogP contribution in [-0.2, 0) is 4.79 Å². The number of hydrogen-bond acceptors (Lipinski definition) is 5. The van der Waals surface area contributed by atoms with Gasteiger partial charge in [-0.15, -0.1) is 5.10 Å². The van der Waals surface area contributed by atoms with Crippen molar-refractivity contribution in [3.8, 4) is 0 Å². The molecule has 0 aliphatic rings. The second-order valence-corrected chi connectivity index (χ2v) is 5.84. The summed E-state index contributed by atoms with van der Waals surface area (Å²) in [5.41, 5.74) is 0.145. The first-order valence-electron chi connectivity index (χ1n) is 6.42. The van der Waals surface area contributed by atoms with Gasteiger partial charge in [-0.05, 0) is 18.4 Å². The fourth-order valence-electron chi connectivity index (χ4n) is 1.85. The maximum absolute atomic E-state index is 12.1. The maximum atomic E-state index is 12.1. The Labute approximate surface area is 121 Å². The number of carboxylic acid groups (broad SMARTS) is 1. The van der Waals surface area contributed by atoms with Crippen LogP contribution < -0.4 is 5.32 Å². The topological polar surface area (TPSA) is 109 Å². The van der Waals surface area contributed by atoms with E-state index in [9.17, 15) is 14.7 Å². The van der Waals surface area contributed by atoms with E-state index in [0.717, 1.165) is 5.69 Å². The highest BCUT2D eigenvalue weighted by Gasteiger charge is 2.33. The summed E-state index contributed by atoms with van der Waals surface area (Å²) in [6.07, 6.45) is 1.57. The molecule has 112 valence electrons. The first kappa shape index (κ1) is 14.9. The Hall–Kier alpha value is -2.51. The van der Waals surface area contributed by atoms with E-state index in [0.29, 0.717) is 5.78 Å². The van der Waals surface area contributed by atoms with Crippen LogP contribution in [0.3, 0.4) is 0 Å². The SMILES string of the molecule is Cc1ccnc2nc(C(=O)NC(C(=O)O)C(C)(C)C)nn12. The highest BCUT2D eigenvalue weighted by Crippen LogP contribution is 2.19. The number of aromatic nitrogens is 4. The molecule has 0 spiro atoms. The van der Waals surface area contributed by atoms with Crippen LogP contribution in [-0.4, -0.2) is 42.6 Å². The normalized spacial score (nSPS) is 13.1.